The Labute approximate surface area is 143 Å². The van der Waals surface area contributed by atoms with Gasteiger partial charge < -0.3 is 10.2 Å². The highest BCUT2D eigenvalue weighted by Crippen LogP contribution is 2.23. The Balaban J connectivity index is 1.49. The molecule has 124 valence electrons. The Morgan fingerprint density at radius 2 is 2.00 bits per heavy atom. The maximum atomic E-state index is 13.3. The molecule has 0 saturated heterocycles. The highest BCUT2D eigenvalue weighted by molar-refractivity contribution is 6.07. The normalized spacial score (nSPS) is 16.4. The second-order valence-corrected chi connectivity index (χ2v) is 5.72. The van der Waals surface area contributed by atoms with E-state index in [0.717, 1.165) is 5.39 Å². The molecule has 1 aliphatic heterocycles. The van der Waals surface area contributed by atoms with Crippen LogP contribution in [0.4, 0.5) is 10.1 Å². The summed E-state index contributed by atoms with van der Waals surface area (Å²) in [5, 5.41) is 7.70. The van der Waals surface area contributed by atoms with E-state index in [1.54, 1.807) is 24.4 Å². The number of anilines is 1. The largest absolute Gasteiger partial charge is 0.382 e. The molecule has 0 saturated carbocycles. The van der Waals surface area contributed by atoms with Gasteiger partial charge in [-0.1, -0.05) is 35.5 Å². The molecule has 5 nitrogen and oxygen atoms in total. The van der Waals surface area contributed by atoms with Gasteiger partial charge in [0.15, 0.2) is 0 Å². The van der Waals surface area contributed by atoms with Gasteiger partial charge >= 0.3 is 0 Å². The number of carbonyl (C=O) groups excluding carboxylic acids is 1. The van der Waals surface area contributed by atoms with Crippen LogP contribution in [0.5, 0.6) is 0 Å². The molecule has 2 heterocycles. The standard InChI is InChI=1S/C19H14FN3O2/c20-14-7-1-5-13(10-14)16-11-17(25-23-16)19(24)22-15-8-2-4-12-6-3-9-21-18(12)15/h1-10,17H,11H2,(H,22,24). The summed E-state index contributed by atoms with van der Waals surface area (Å²) in [4.78, 5) is 22.0. The lowest BCUT2D eigenvalue weighted by molar-refractivity contribution is -0.125. The lowest BCUT2D eigenvalue weighted by atomic mass is 10.0. The van der Waals surface area contributed by atoms with Gasteiger partial charge in [-0.2, -0.15) is 0 Å². The molecule has 1 atom stereocenters. The lowest BCUT2D eigenvalue weighted by Gasteiger charge is -2.11. The van der Waals surface area contributed by atoms with Crippen LogP contribution in [-0.4, -0.2) is 22.7 Å². The number of oxime groups is 1. The summed E-state index contributed by atoms with van der Waals surface area (Å²) < 4.78 is 13.3. The molecule has 0 aliphatic carbocycles. The van der Waals surface area contributed by atoms with E-state index < -0.39 is 6.10 Å². The number of hydrogen-bond acceptors (Lipinski definition) is 4. The molecule has 0 spiro atoms. The van der Waals surface area contributed by atoms with E-state index in [0.29, 0.717) is 22.5 Å². The highest BCUT2D eigenvalue weighted by atomic mass is 19.1. The van der Waals surface area contributed by atoms with Crippen molar-refractivity contribution < 1.29 is 14.0 Å². The predicted molar refractivity (Wildman–Crippen MR) is 92.8 cm³/mol. The van der Waals surface area contributed by atoms with Crippen molar-refractivity contribution in [3.8, 4) is 0 Å². The zero-order chi connectivity index (χ0) is 17.2. The molecule has 25 heavy (non-hydrogen) atoms. The van der Waals surface area contributed by atoms with Crippen LogP contribution in [0.3, 0.4) is 0 Å². The number of hydrogen-bond donors (Lipinski definition) is 1. The number of para-hydroxylation sites is 1. The number of aromatic nitrogens is 1. The Kier molecular flexibility index (Phi) is 3.85. The van der Waals surface area contributed by atoms with Crippen molar-refractivity contribution in [1.82, 2.24) is 4.98 Å². The summed E-state index contributed by atoms with van der Waals surface area (Å²) in [7, 11) is 0. The number of nitrogens with zero attached hydrogens (tertiary/aromatic N) is 2. The van der Waals surface area contributed by atoms with Crippen LogP contribution in [0, 0.1) is 5.82 Å². The summed E-state index contributed by atoms with van der Waals surface area (Å²) in [5.74, 6) is -0.664. The summed E-state index contributed by atoms with van der Waals surface area (Å²) in [5.41, 5.74) is 2.49. The number of fused-ring (bicyclic) bond motifs is 1. The second-order valence-electron chi connectivity index (χ2n) is 5.72. The van der Waals surface area contributed by atoms with Gasteiger partial charge in [-0.05, 0) is 24.3 Å². The third-order valence-corrected chi connectivity index (χ3v) is 4.01. The Hall–Kier alpha value is -3.28. The van der Waals surface area contributed by atoms with Crippen molar-refractivity contribution in [3.63, 3.8) is 0 Å². The van der Waals surface area contributed by atoms with Crippen molar-refractivity contribution in [2.24, 2.45) is 5.16 Å². The van der Waals surface area contributed by atoms with E-state index in [9.17, 15) is 9.18 Å². The summed E-state index contributed by atoms with van der Waals surface area (Å²) in [6.07, 6.45) is 1.21. The highest BCUT2D eigenvalue weighted by Gasteiger charge is 2.29. The monoisotopic (exact) mass is 335 g/mol. The third kappa shape index (κ3) is 3.06. The van der Waals surface area contributed by atoms with E-state index in [4.69, 9.17) is 4.84 Å². The smallest absolute Gasteiger partial charge is 0.268 e. The molecule has 2 aromatic carbocycles. The molecule has 0 fully saturated rings. The average Bonchev–Trinajstić information content (AvgIpc) is 3.12. The average molecular weight is 335 g/mol. The predicted octanol–water partition coefficient (Wildman–Crippen LogP) is 3.51. The molecule has 4 rings (SSSR count). The van der Waals surface area contributed by atoms with E-state index in [1.165, 1.54) is 12.1 Å². The Morgan fingerprint density at radius 3 is 2.88 bits per heavy atom. The molecule has 1 aliphatic rings. The first-order valence-corrected chi connectivity index (χ1v) is 7.84. The minimum Gasteiger partial charge on any atom is -0.382 e. The molecule has 3 aromatic rings. The lowest BCUT2D eigenvalue weighted by Crippen LogP contribution is -2.28. The van der Waals surface area contributed by atoms with Gasteiger partial charge in [0.25, 0.3) is 5.91 Å². The summed E-state index contributed by atoms with van der Waals surface area (Å²) in [6, 6.07) is 15.4. The van der Waals surface area contributed by atoms with Gasteiger partial charge in [0.1, 0.15) is 5.82 Å². The molecular weight excluding hydrogens is 321 g/mol. The Bertz CT molecular complexity index is 982. The zero-order valence-corrected chi connectivity index (χ0v) is 13.1. The SMILES string of the molecule is O=C(Nc1cccc2cccnc12)C1CC(c2cccc(F)c2)=NO1. The maximum absolute atomic E-state index is 13.3. The molecule has 0 radical (unpaired) electrons. The van der Waals surface area contributed by atoms with Crippen LogP contribution >= 0.6 is 0 Å². The molecule has 6 heteroatoms. The van der Waals surface area contributed by atoms with Crippen LogP contribution in [0.25, 0.3) is 10.9 Å². The molecule has 1 unspecified atom stereocenters. The van der Waals surface area contributed by atoms with Crippen molar-refractivity contribution in [2.45, 2.75) is 12.5 Å². The van der Waals surface area contributed by atoms with Crippen molar-refractivity contribution in [3.05, 3.63) is 72.2 Å². The van der Waals surface area contributed by atoms with Crippen molar-refractivity contribution >= 4 is 28.2 Å². The molecule has 1 aromatic heterocycles. The van der Waals surface area contributed by atoms with Crippen LogP contribution < -0.4 is 5.32 Å². The minimum absolute atomic E-state index is 0.285. The number of carbonyl (C=O) groups is 1. The van der Waals surface area contributed by atoms with Crippen molar-refractivity contribution in [1.29, 1.82) is 0 Å². The molecule has 1 amide bonds. The van der Waals surface area contributed by atoms with E-state index in [1.807, 2.05) is 24.3 Å². The van der Waals surface area contributed by atoms with Crippen LogP contribution in [-0.2, 0) is 9.63 Å². The van der Waals surface area contributed by atoms with E-state index in [-0.39, 0.29) is 18.1 Å². The van der Waals surface area contributed by atoms with Crippen LogP contribution in [0.1, 0.15) is 12.0 Å². The minimum atomic E-state index is -0.753. The topological polar surface area (TPSA) is 63.6 Å². The van der Waals surface area contributed by atoms with E-state index >= 15 is 0 Å². The Morgan fingerprint density at radius 1 is 1.16 bits per heavy atom. The van der Waals surface area contributed by atoms with Gasteiger partial charge in [0.05, 0.1) is 16.9 Å². The number of pyridine rings is 1. The number of benzene rings is 2. The summed E-state index contributed by atoms with van der Waals surface area (Å²) >= 11 is 0. The van der Waals surface area contributed by atoms with Gasteiger partial charge in [0.2, 0.25) is 6.10 Å². The number of nitrogens with one attached hydrogen (secondary N) is 1. The number of amides is 1. The number of rotatable bonds is 3. The fraction of sp³-hybridized carbons (Fsp3) is 0.105. The molecular formula is C19H14FN3O2. The maximum Gasteiger partial charge on any atom is 0.268 e. The molecule has 1 N–H and O–H groups in total. The zero-order valence-electron chi connectivity index (χ0n) is 13.1. The first kappa shape index (κ1) is 15.3. The quantitative estimate of drug-likeness (QED) is 0.797. The van der Waals surface area contributed by atoms with Gasteiger partial charge in [0, 0.05) is 23.6 Å². The van der Waals surface area contributed by atoms with Gasteiger partial charge in [-0.25, -0.2) is 4.39 Å². The summed E-state index contributed by atoms with van der Waals surface area (Å²) in [6.45, 7) is 0. The van der Waals surface area contributed by atoms with Crippen LogP contribution in [0.15, 0.2) is 65.9 Å². The fourth-order valence-electron chi connectivity index (χ4n) is 2.77. The van der Waals surface area contributed by atoms with Crippen molar-refractivity contribution in [2.75, 3.05) is 5.32 Å². The third-order valence-electron chi connectivity index (χ3n) is 4.01. The van der Waals surface area contributed by atoms with Gasteiger partial charge in [-0.3, -0.25) is 9.78 Å². The first-order valence-electron chi connectivity index (χ1n) is 7.84. The molecule has 0 bridgehead atoms. The fourth-order valence-corrected chi connectivity index (χ4v) is 2.77. The number of halogens is 1. The van der Waals surface area contributed by atoms with Gasteiger partial charge in [-0.15, -0.1) is 0 Å². The first-order chi connectivity index (χ1) is 12.2. The van der Waals surface area contributed by atoms with E-state index in [2.05, 4.69) is 15.5 Å². The van der Waals surface area contributed by atoms with Crippen LogP contribution in [0.2, 0.25) is 0 Å². The second kappa shape index (κ2) is 6.32.